The van der Waals surface area contributed by atoms with Crippen LogP contribution in [-0.2, 0) is 6.61 Å². The summed E-state index contributed by atoms with van der Waals surface area (Å²) in [6.07, 6.45) is 3.80. The third-order valence-electron chi connectivity index (χ3n) is 2.25. The quantitative estimate of drug-likeness (QED) is 0.792. The molecule has 0 N–H and O–H groups in total. The first kappa shape index (κ1) is 12.5. The second-order valence-electron chi connectivity index (χ2n) is 3.45. The fourth-order valence-electron chi connectivity index (χ4n) is 1.33. The van der Waals surface area contributed by atoms with Crippen LogP contribution in [0.3, 0.4) is 0 Å². The van der Waals surface area contributed by atoms with Gasteiger partial charge >= 0.3 is 0 Å². The Labute approximate surface area is 114 Å². The summed E-state index contributed by atoms with van der Waals surface area (Å²) in [4.78, 5) is 5.41. The summed E-state index contributed by atoms with van der Waals surface area (Å²) >= 11 is 5.07. The average molecular weight is 310 g/mol. The minimum atomic E-state index is 0.545. The molecule has 0 atom stereocenters. The first-order valence-electron chi connectivity index (χ1n) is 5.15. The fourth-order valence-corrected chi connectivity index (χ4v) is 1.97. The number of ether oxygens (including phenoxy) is 1. The molecule has 2 rings (SSSR count). The van der Waals surface area contributed by atoms with Crippen LogP contribution in [0, 0.1) is 0 Å². The Morgan fingerprint density at radius 3 is 2.53 bits per heavy atom. The molecule has 0 spiro atoms. The molecular formula is C13H12BrNOS. The monoisotopic (exact) mass is 309 g/mol. The lowest BCUT2D eigenvalue weighted by Gasteiger charge is -2.05. The Balaban J connectivity index is 1.95. The molecule has 0 fully saturated rings. The van der Waals surface area contributed by atoms with Gasteiger partial charge < -0.3 is 4.74 Å². The third-order valence-corrected chi connectivity index (χ3v) is 3.46. The van der Waals surface area contributed by atoms with Crippen LogP contribution in [-0.4, -0.2) is 11.2 Å². The Morgan fingerprint density at radius 2 is 1.94 bits per heavy atom. The molecule has 0 aliphatic rings. The zero-order valence-electron chi connectivity index (χ0n) is 9.39. The third kappa shape index (κ3) is 3.75. The Hall–Kier alpha value is -1.00. The molecule has 2 aromatic rings. The summed E-state index contributed by atoms with van der Waals surface area (Å²) in [5.41, 5.74) is 1.15. The molecule has 0 aliphatic carbocycles. The SMILES string of the molecule is CSc1ccc(COc2ccc(Br)cn2)cc1. The van der Waals surface area contributed by atoms with E-state index < -0.39 is 0 Å². The van der Waals surface area contributed by atoms with Crippen LogP contribution in [0.1, 0.15) is 5.56 Å². The topological polar surface area (TPSA) is 22.1 Å². The molecule has 1 aromatic carbocycles. The van der Waals surface area contributed by atoms with E-state index in [9.17, 15) is 0 Å². The van der Waals surface area contributed by atoms with E-state index in [0.717, 1.165) is 10.0 Å². The molecule has 0 bridgehead atoms. The zero-order chi connectivity index (χ0) is 12.1. The van der Waals surface area contributed by atoms with Gasteiger partial charge in [-0.3, -0.25) is 0 Å². The summed E-state index contributed by atoms with van der Waals surface area (Å²) in [6.45, 7) is 0.545. The number of hydrogen-bond donors (Lipinski definition) is 0. The second kappa shape index (κ2) is 6.07. The van der Waals surface area contributed by atoms with Gasteiger partial charge in [-0.15, -0.1) is 11.8 Å². The van der Waals surface area contributed by atoms with Crippen molar-refractivity contribution in [3.8, 4) is 5.88 Å². The van der Waals surface area contributed by atoms with Crippen LogP contribution >= 0.6 is 27.7 Å². The molecule has 0 saturated heterocycles. The number of benzene rings is 1. The van der Waals surface area contributed by atoms with Crippen molar-refractivity contribution in [1.82, 2.24) is 4.98 Å². The minimum Gasteiger partial charge on any atom is -0.473 e. The second-order valence-corrected chi connectivity index (χ2v) is 5.25. The van der Waals surface area contributed by atoms with Gasteiger partial charge in [0.2, 0.25) is 5.88 Å². The highest BCUT2D eigenvalue weighted by atomic mass is 79.9. The van der Waals surface area contributed by atoms with E-state index in [1.54, 1.807) is 18.0 Å². The van der Waals surface area contributed by atoms with Crippen molar-refractivity contribution < 1.29 is 4.74 Å². The van der Waals surface area contributed by atoms with Crippen LogP contribution in [0.15, 0.2) is 52.0 Å². The van der Waals surface area contributed by atoms with Gasteiger partial charge in [0.05, 0.1) is 0 Å². The molecule has 1 aromatic heterocycles. The highest BCUT2D eigenvalue weighted by molar-refractivity contribution is 9.10. The van der Waals surface area contributed by atoms with Gasteiger partial charge in [0.1, 0.15) is 6.61 Å². The van der Waals surface area contributed by atoms with E-state index in [4.69, 9.17) is 4.74 Å². The van der Waals surface area contributed by atoms with Gasteiger partial charge in [-0.1, -0.05) is 12.1 Å². The molecule has 2 nitrogen and oxygen atoms in total. The number of halogens is 1. The van der Waals surface area contributed by atoms with Crippen LogP contribution < -0.4 is 4.74 Å². The van der Waals surface area contributed by atoms with E-state index in [0.29, 0.717) is 12.5 Å². The molecule has 88 valence electrons. The first-order valence-corrected chi connectivity index (χ1v) is 7.17. The summed E-state index contributed by atoms with van der Waals surface area (Å²) in [6, 6.07) is 12.1. The normalized spacial score (nSPS) is 10.2. The Kier molecular flexibility index (Phi) is 4.45. The van der Waals surface area contributed by atoms with Crippen LogP contribution in [0.2, 0.25) is 0 Å². The van der Waals surface area contributed by atoms with Crippen LogP contribution in [0.4, 0.5) is 0 Å². The highest BCUT2D eigenvalue weighted by Gasteiger charge is 1.97. The van der Waals surface area contributed by atoms with Crippen molar-refractivity contribution in [2.75, 3.05) is 6.26 Å². The standard InChI is InChI=1S/C13H12BrNOS/c1-17-12-5-2-10(3-6-12)9-16-13-7-4-11(14)8-15-13/h2-8H,9H2,1H3. The number of thioether (sulfide) groups is 1. The van der Waals surface area contributed by atoms with Crippen LogP contribution in [0.5, 0.6) is 5.88 Å². The lowest BCUT2D eigenvalue weighted by molar-refractivity contribution is 0.294. The van der Waals surface area contributed by atoms with E-state index >= 15 is 0 Å². The fraction of sp³-hybridized carbons (Fsp3) is 0.154. The number of pyridine rings is 1. The smallest absolute Gasteiger partial charge is 0.213 e. The van der Waals surface area contributed by atoms with Gasteiger partial charge in [0, 0.05) is 21.6 Å². The lowest BCUT2D eigenvalue weighted by Crippen LogP contribution is -1.96. The molecular weight excluding hydrogens is 298 g/mol. The molecule has 0 amide bonds. The lowest BCUT2D eigenvalue weighted by atomic mass is 10.2. The average Bonchev–Trinajstić information content (AvgIpc) is 2.39. The van der Waals surface area contributed by atoms with Crippen molar-refractivity contribution in [1.29, 1.82) is 0 Å². The maximum Gasteiger partial charge on any atom is 0.213 e. The van der Waals surface area contributed by atoms with Gasteiger partial charge in [-0.2, -0.15) is 0 Å². The molecule has 0 saturated carbocycles. The summed E-state index contributed by atoms with van der Waals surface area (Å²) in [5.74, 6) is 0.641. The zero-order valence-corrected chi connectivity index (χ0v) is 11.8. The summed E-state index contributed by atoms with van der Waals surface area (Å²) < 4.78 is 6.53. The molecule has 17 heavy (non-hydrogen) atoms. The predicted octanol–water partition coefficient (Wildman–Crippen LogP) is 4.15. The van der Waals surface area contributed by atoms with E-state index in [2.05, 4.69) is 51.4 Å². The van der Waals surface area contributed by atoms with Crippen LogP contribution in [0.25, 0.3) is 0 Å². The van der Waals surface area contributed by atoms with Gasteiger partial charge in [-0.05, 0) is 45.9 Å². The summed E-state index contributed by atoms with van der Waals surface area (Å²) in [5, 5.41) is 0. The van der Waals surface area contributed by atoms with Gasteiger partial charge in [0.15, 0.2) is 0 Å². The minimum absolute atomic E-state index is 0.545. The maximum atomic E-state index is 5.58. The van der Waals surface area contributed by atoms with Gasteiger partial charge in [-0.25, -0.2) is 4.98 Å². The predicted molar refractivity (Wildman–Crippen MR) is 74.5 cm³/mol. The maximum absolute atomic E-state index is 5.58. The highest BCUT2D eigenvalue weighted by Crippen LogP contribution is 2.17. The number of aromatic nitrogens is 1. The molecule has 4 heteroatoms. The van der Waals surface area contributed by atoms with E-state index in [1.807, 2.05) is 12.1 Å². The summed E-state index contributed by atoms with van der Waals surface area (Å²) in [7, 11) is 0. The molecule has 0 radical (unpaired) electrons. The number of nitrogens with zero attached hydrogens (tertiary/aromatic N) is 1. The van der Waals surface area contributed by atoms with Crippen molar-refractivity contribution in [3.63, 3.8) is 0 Å². The van der Waals surface area contributed by atoms with Crippen molar-refractivity contribution in [3.05, 3.63) is 52.6 Å². The van der Waals surface area contributed by atoms with Crippen molar-refractivity contribution in [2.24, 2.45) is 0 Å². The number of rotatable bonds is 4. The molecule has 0 aliphatic heterocycles. The van der Waals surface area contributed by atoms with Gasteiger partial charge in [0.25, 0.3) is 0 Å². The number of hydrogen-bond acceptors (Lipinski definition) is 3. The van der Waals surface area contributed by atoms with Crippen molar-refractivity contribution in [2.45, 2.75) is 11.5 Å². The van der Waals surface area contributed by atoms with E-state index in [-0.39, 0.29) is 0 Å². The Bertz CT molecular complexity index is 470. The van der Waals surface area contributed by atoms with Crippen molar-refractivity contribution >= 4 is 27.7 Å². The largest absolute Gasteiger partial charge is 0.473 e. The molecule has 0 unspecified atom stereocenters. The molecule has 1 heterocycles. The first-order chi connectivity index (χ1) is 8.28. The Morgan fingerprint density at radius 1 is 1.18 bits per heavy atom. The van der Waals surface area contributed by atoms with E-state index in [1.165, 1.54) is 4.90 Å².